The van der Waals surface area contributed by atoms with Crippen LogP contribution in [0.4, 0.5) is 0 Å². The lowest BCUT2D eigenvalue weighted by Crippen LogP contribution is -2.48. The van der Waals surface area contributed by atoms with Crippen molar-refractivity contribution in [3.8, 4) is 22.9 Å². The van der Waals surface area contributed by atoms with E-state index in [1.54, 1.807) is 25.3 Å². The second-order valence-corrected chi connectivity index (χ2v) is 8.81. The van der Waals surface area contributed by atoms with Gasteiger partial charge < -0.3 is 15.8 Å². The van der Waals surface area contributed by atoms with E-state index in [2.05, 4.69) is 53.5 Å². The number of piperazine rings is 1. The number of methoxy groups -OCH3 is 1. The Bertz CT molecular complexity index is 1230. The largest absolute Gasteiger partial charge is 0.496 e. The number of primary amides is 1. The maximum Gasteiger partial charge on any atom is 0.249 e. The molecule has 1 heterocycles. The molecule has 3 N–H and O–H groups in total. The fourth-order valence-corrected chi connectivity index (χ4v) is 4.66. The molecule has 0 aromatic heterocycles. The molecule has 34 heavy (non-hydrogen) atoms. The summed E-state index contributed by atoms with van der Waals surface area (Å²) in [4.78, 5) is 14.4. The van der Waals surface area contributed by atoms with Gasteiger partial charge in [0.2, 0.25) is 5.91 Å². The highest BCUT2D eigenvalue weighted by atomic mass is 16.5. The van der Waals surface area contributed by atoms with Crippen molar-refractivity contribution in [2.45, 2.75) is 25.9 Å². The predicted molar refractivity (Wildman–Crippen MR) is 134 cm³/mol. The minimum Gasteiger partial charge on any atom is -0.496 e. The summed E-state index contributed by atoms with van der Waals surface area (Å²) in [6, 6.07) is 22.3. The molecule has 6 nitrogen and oxygen atoms in total. The van der Waals surface area contributed by atoms with Gasteiger partial charge in [-0.15, -0.1) is 0 Å². The molecular weight excluding hydrogens is 424 g/mol. The Kier molecular flexibility index (Phi) is 7.27. The Morgan fingerprint density at radius 2 is 2.00 bits per heavy atom. The van der Waals surface area contributed by atoms with Crippen molar-refractivity contribution in [3.63, 3.8) is 0 Å². The van der Waals surface area contributed by atoms with Gasteiger partial charge in [0, 0.05) is 43.3 Å². The van der Waals surface area contributed by atoms with Crippen molar-refractivity contribution in [2.75, 3.05) is 26.7 Å². The number of nitriles is 1. The van der Waals surface area contributed by atoms with Crippen molar-refractivity contribution in [1.29, 1.82) is 5.26 Å². The summed E-state index contributed by atoms with van der Waals surface area (Å²) in [5.41, 5.74) is 11.3. The summed E-state index contributed by atoms with van der Waals surface area (Å²) >= 11 is 0. The number of hydrogen-bond acceptors (Lipinski definition) is 5. The number of ether oxygens (including phenoxy) is 1. The average molecular weight is 455 g/mol. The molecule has 4 rings (SSSR count). The molecule has 0 saturated carbocycles. The Balaban J connectivity index is 1.66. The van der Waals surface area contributed by atoms with Crippen LogP contribution < -0.4 is 15.8 Å². The fourth-order valence-electron chi connectivity index (χ4n) is 4.66. The van der Waals surface area contributed by atoms with Crippen LogP contribution in [0.5, 0.6) is 5.75 Å². The molecule has 1 saturated heterocycles. The van der Waals surface area contributed by atoms with Gasteiger partial charge in [-0.3, -0.25) is 9.69 Å². The van der Waals surface area contributed by atoms with Gasteiger partial charge in [0.05, 0.1) is 18.7 Å². The Morgan fingerprint density at radius 1 is 1.18 bits per heavy atom. The average Bonchev–Trinajstić information content (AvgIpc) is 2.84. The highest BCUT2D eigenvalue weighted by Crippen LogP contribution is 2.33. The number of amides is 1. The number of nitrogens with two attached hydrogens (primary N) is 1. The molecule has 3 aromatic rings. The molecule has 1 aliphatic heterocycles. The number of nitrogens with zero attached hydrogens (tertiary/aromatic N) is 2. The second kappa shape index (κ2) is 10.5. The molecule has 1 aliphatic rings. The summed E-state index contributed by atoms with van der Waals surface area (Å²) < 4.78 is 5.67. The van der Waals surface area contributed by atoms with Gasteiger partial charge in [-0.25, -0.2) is 0 Å². The van der Waals surface area contributed by atoms with E-state index < -0.39 is 5.91 Å². The summed E-state index contributed by atoms with van der Waals surface area (Å²) in [6.07, 6.45) is 0.428. The number of rotatable bonds is 7. The monoisotopic (exact) mass is 454 g/mol. The van der Waals surface area contributed by atoms with Gasteiger partial charge in [0.25, 0.3) is 0 Å². The van der Waals surface area contributed by atoms with Gasteiger partial charge in [0.15, 0.2) is 0 Å². The third kappa shape index (κ3) is 5.28. The minimum atomic E-state index is -0.532. The topological polar surface area (TPSA) is 91.4 Å². The zero-order chi connectivity index (χ0) is 24.1. The Morgan fingerprint density at radius 3 is 2.74 bits per heavy atom. The lowest BCUT2D eigenvalue weighted by Gasteiger charge is -2.31. The first-order chi connectivity index (χ1) is 16.5. The molecule has 3 aromatic carbocycles. The van der Waals surface area contributed by atoms with Crippen molar-refractivity contribution in [1.82, 2.24) is 10.2 Å². The molecule has 6 heteroatoms. The van der Waals surface area contributed by atoms with Crippen LogP contribution in [0, 0.1) is 11.3 Å². The van der Waals surface area contributed by atoms with Crippen LogP contribution in [-0.4, -0.2) is 43.6 Å². The van der Waals surface area contributed by atoms with Crippen LogP contribution >= 0.6 is 0 Å². The van der Waals surface area contributed by atoms with Crippen LogP contribution in [-0.2, 0) is 13.0 Å². The first-order valence-corrected chi connectivity index (χ1v) is 11.5. The zero-order valence-corrected chi connectivity index (χ0v) is 19.7. The summed E-state index contributed by atoms with van der Waals surface area (Å²) in [6.45, 7) is 6.19. The summed E-state index contributed by atoms with van der Waals surface area (Å²) in [7, 11) is 1.67. The highest BCUT2D eigenvalue weighted by Gasteiger charge is 2.17. The van der Waals surface area contributed by atoms with Crippen molar-refractivity contribution >= 4 is 5.91 Å². The van der Waals surface area contributed by atoms with E-state index in [1.165, 1.54) is 5.56 Å². The van der Waals surface area contributed by atoms with Gasteiger partial charge in [-0.2, -0.15) is 5.26 Å². The van der Waals surface area contributed by atoms with Crippen LogP contribution in [0.1, 0.15) is 39.5 Å². The molecule has 0 aliphatic carbocycles. The molecule has 1 fully saturated rings. The molecule has 1 amide bonds. The van der Waals surface area contributed by atoms with Crippen molar-refractivity contribution in [3.05, 3.63) is 88.5 Å². The molecule has 174 valence electrons. The third-order valence-electron chi connectivity index (χ3n) is 6.30. The van der Waals surface area contributed by atoms with Crippen molar-refractivity contribution < 1.29 is 9.53 Å². The van der Waals surface area contributed by atoms with Gasteiger partial charge in [0.1, 0.15) is 5.75 Å². The van der Waals surface area contributed by atoms with Crippen LogP contribution in [0.25, 0.3) is 11.1 Å². The summed E-state index contributed by atoms with van der Waals surface area (Å²) in [5.74, 6) is 0.246. The molecule has 0 unspecified atom stereocenters. The fraction of sp³-hybridized carbons (Fsp3) is 0.286. The van der Waals surface area contributed by atoms with Gasteiger partial charge in [-0.1, -0.05) is 30.3 Å². The first kappa shape index (κ1) is 23.5. The molecule has 0 radical (unpaired) electrons. The van der Waals surface area contributed by atoms with E-state index >= 15 is 0 Å². The second-order valence-electron chi connectivity index (χ2n) is 8.81. The molecule has 1 atom stereocenters. The summed E-state index contributed by atoms with van der Waals surface area (Å²) in [5, 5.41) is 13.1. The standard InChI is InChI=1S/C28H30N4O2/c1-19-17-32(12-11-31-19)18-21-5-3-6-22(13-21)26-15-20(9-10-27(26)34-2)14-25-23(16-29)7-4-8-24(25)28(30)33/h3-10,13,15,19,31H,11-12,14,17-18H2,1-2H3,(H2,30,33)/t19-/m0/s1. The van der Waals surface area contributed by atoms with E-state index in [4.69, 9.17) is 10.5 Å². The molecule has 0 spiro atoms. The lowest BCUT2D eigenvalue weighted by molar-refractivity contribution is 0.0999. The Labute approximate surface area is 201 Å². The van der Waals surface area contributed by atoms with Crippen LogP contribution in [0.3, 0.4) is 0 Å². The maximum atomic E-state index is 12.0. The van der Waals surface area contributed by atoms with Crippen LogP contribution in [0.15, 0.2) is 60.7 Å². The van der Waals surface area contributed by atoms with Crippen molar-refractivity contribution in [2.24, 2.45) is 5.73 Å². The SMILES string of the molecule is COc1ccc(Cc2c(C#N)cccc2C(N)=O)cc1-c1cccc(CN2CCN[C@@H](C)C2)c1. The minimum absolute atomic E-state index is 0.378. The molecular formula is C28H30N4O2. The highest BCUT2D eigenvalue weighted by molar-refractivity contribution is 5.95. The van der Waals surface area contributed by atoms with E-state index in [-0.39, 0.29) is 0 Å². The van der Waals surface area contributed by atoms with E-state index in [0.29, 0.717) is 29.2 Å². The zero-order valence-electron chi connectivity index (χ0n) is 19.7. The quantitative estimate of drug-likeness (QED) is 0.568. The first-order valence-electron chi connectivity index (χ1n) is 11.5. The maximum absolute atomic E-state index is 12.0. The smallest absolute Gasteiger partial charge is 0.249 e. The number of carbonyl (C=O) groups excluding carboxylic acids is 1. The predicted octanol–water partition coefficient (Wildman–Crippen LogP) is 3.72. The number of nitrogens with one attached hydrogen (secondary N) is 1. The molecule has 0 bridgehead atoms. The van der Waals surface area contributed by atoms with E-state index in [1.807, 2.05) is 12.1 Å². The van der Waals surface area contributed by atoms with E-state index in [0.717, 1.165) is 48.6 Å². The normalized spacial score (nSPS) is 16.1. The van der Waals surface area contributed by atoms with E-state index in [9.17, 15) is 10.1 Å². The number of carbonyl (C=O) groups is 1. The van der Waals surface area contributed by atoms with Gasteiger partial charge in [-0.05, 0) is 65.9 Å². The number of benzene rings is 3. The Hall–Kier alpha value is -3.66. The van der Waals surface area contributed by atoms with Gasteiger partial charge >= 0.3 is 0 Å². The third-order valence-corrected chi connectivity index (χ3v) is 6.30. The lowest BCUT2D eigenvalue weighted by atomic mass is 9.92. The van der Waals surface area contributed by atoms with Crippen LogP contribution in [0.2, 0.25) is 0 Å². The number of hydrogen-bond donors (Lipinski definition) is 2.